The number of amides is 2. The summed E-state index contributed by atoms with van der Waals surface area (Å²) in [6.45, 7) is 3.09. The lowest BCUT2D eigenvalue weighted by Crippen LogP contribution is -2.48. The van der Waals surface area contributed by atoms with Gasteiger partial charge in [-0.25, -0.2) is 0 Å². The maximum absolute atomic E-state index is 12.7. The number of carbonyl (C=O) groups excluding carboxylic acids is 2. The molecule has 0 radical (unpaired) electrons. The third-order valence-electron chi connectivity index (χ3n) is 4.67. The monoisotopic (exact) mass is 321 g/mol. The Morgan fingerprint density at radius 3 is 2.46 bits per heavy atom. The van der Waals surface area contributed by atoms with Gasteiger partial charge in [-0.15, -0.1) is 0 Å². The lowest BCUT2D eigenvalue weighted by atomic mass is 10.1. The van der Waals surface area contributed by atoms with Gasteiger partial charge in [0.25, 0.3) is 5.91 Å². The standard InChI is InChI=1S/C19H19N3O2/c23-18-13-15-12-14(6-7-17(15)20-18)19(24)22-10-8-21(9-11-22)16-4-2-1-3-5-16/h1-7,12H,8-11,13H2,(H,20,23). The minimum atomic E-state index is -0.00826. The fraction of sp³-hybridized carbons (Fsp3) is 0.263. The van der Waals surface area contributed by atoms with Gasteiger partial charge in [-0.05, 0) is 35.9 Å². The normalized spacial score (nSPS) is 16.8. The van der Waals surface area contributed by atoms with E-state index in [1.807, 2.05) is 35.2 Å². The number of benzene rings is 2. The molecule has 1 saturated heterocycles. The Kier molecular flexibility index (Phi) is 3.69. The smallest absolute Gasteiger partial charge is 0.253 e. The Balaban J connectivity index is 1.43. The van der Waals surface area contributed by atoms with Crippen LogP contribution in [0.1, 0.15) is 15.9 Å². The van der Waals surface area contributed by atoms with Crippen LogP contribution in [0, 0.1) is 0 Å². The average molecular weight is 321 g/mol. The van der Waals surface area contributed by atoms with Gasteiger partial charge in [-0.2, -0.15) is 0 Å². The molecule has 2 amide bonds. The average Bonchev–Trinajstić information content (AvgIpc) is 3.01. The molecule has 24 heavy (non-hydrogen) atoms. The molecule has 0 unspecified atom stereocenters. The zero-order valence-electron chi connectivity index (χ0n) is 13.4. The summed E-state index contributed by atoms with van der Waals surface area (Å²) >= 11 is 0. The van der Waals surface area contributed by atoms with E-state index >= 15 is 0 Å². The van der Waals surface area contributed by atoms with Crippen molar-refractivity contribution in [3.05, 3.63) is 59.7 Å². The number of rotatable bonds is 2. The van der Waals surface area contributed by atoms with Crippen molar-refractivity contribution < 1.29 is 9.59 Å². The minimum absolute atomic E-state index is 0.00826. The fourth-order valence-corrected chi connectivity index (χ4v) is 3.35. The van der Waals surface area contributed by atoms with Crippen LogP contribution in [-0.2, 0) is 11.2 Å². The Labute approximate surface area is 140 Å². The molecule has 4 rings (SSSR count). The first-order valence-electron chi connectivity index (χ1n) is 8.23. The predicted octanol–water partition coefficient (Wildman–Crippen LogP) is 2.14. The second-order valence-corrected chi connectivity index (χ2v) is 6.21. The summed E-state index contributed by atoms with van der Waals surface area (Å²) in [5.41, 5.74) is 3.60. The number of fused-ring (bicyclic) bond motifs is 1. The van der Waals surface area contributed by atoms with E-state index in [1.165, 1.54) is 5.69 Å². The SMILES string of the molecule is O=C1Cc2cc(C(=O)N3CCN(c4ccccc4)CC3)ccc2N1. The summed E-state index contributed by atoms with van der Waals surface area (Å²) < 4.78 is 0. The van der Waals surface area contributed by atoms with Gasteiger partial charge in [0.05, 0.1) is 6.42 Å². The Hall–Kier alpha value is -2.82. The van der Waals surface area contributed by atoms with Gasteiger partial charge >= 0.3 is 0 Å². The molecule has 2 aliphatic rings. The Bertz CT molecular complexity index is 780. The quantitative estimate of drug-likeness (QED) is 0.922. The summed E-state index contributed by atoms with van der Waals surface area (Å²) in [6, 6.07) is 15.8. The van der Waals surface area contributed by atoms with Gasteiger partial charge in [0.1, 0.15) is 0 Å². The highest BCUT2D eigenvalue weighted by Gasteiger charge is 2.24. The summed E-state index contributed by atoms with van der Waals surface area (Å²) in [7, 11) is 0. The first kappa shape index (κ1) is 14.8. The van der Waals surface area contributed by atoms with Gasteiger partial charge in [0.2, 0.25) is 5.91 Å². The number of carbonyl (C=O) groups is 2. The van der Waals surface area contributed by atoms with Crippen molar-refractivity contribution in [1.29, 1.82) is 0 Å². The van der Waals surface area contributed by atoms with Crippen LogP contribution in [0.15, 0.2) is 48.5 Å². The van der Waals surface area contributed by atoms with Crippen LogP contribution < -0.4 is 10.2 Å². The van der Waals surface area contributed by atoms with Gasteiger partial charge in [-0.3, -0.25) is 9.59 Å². The van der Waals surface area contributed by atoms with Crippen molar-refractivity contribution in [2.24, 2.45) is 0 Å². The molecule has 2 heterocycles. The molecule has 0 bridgehead atoms. The second kappa shape index (κ2) is 6.00. The van der Waals surface area contributed by atoms with Gasteiger partial charge in [-0.1, -0.05) is 18.2 Å². The van der Waals surface area contributed by atoms with Gasteiger partial charge < -0.3 is 15.1 Å². The summed E-state index contributed by atoms with van der Waals surface area (Å²) in [4.78, 5) is 28.4. The van der Waals surface area contributed by atoms with E-state index in [9.17, 15) is 9.59 Å². The van der Waals surface area contributed by atoms with Gasteiger partial charge in [0.15, 0.2) is 0 Å². The van der Waals surface area contributed by atoms with Crippen molar-refractivity contribution in [2.75, 3.05) is 36.4 Å². The first-order valence-corrected chi connectivity index (χ1v) is 8.23. The lowest BCUT2D eigenvalue weighted by molar-refractivity contribution is -0.115. The Morgan fingerprint density at radius 2 is 1.71 bits per heavy atom. The summed E-state index contributed by atoms with van der Waals surface area (Å²) in [5, 5.41) is 2.80. The highest BCUT2D eigenvalue weighted by atomic mass is 16.2. The van der Waals surface area contributed by atoms with E-state index in [1.54, 1.807) is 6.07 Å². The molecule has 122 valence electrons. The molecule has 0 aliphatic carbocycles. The maximum atomic E-state index is 12.7. The maximum Gasteiger partial charge on any atom is 0.253 e. The molecular weight excluding hydrogens is 302 g/mol. The number of anilines is 2. The number of hydrogen-bond acceptors (Lipinski definition) is 3. The number of hydrogen-bond donors (Lipinski definition) is 1. The van der Waals surface area contributed by atoms with Crippen LogP contribution in [0.2, 0.25) is 0 Å². The predicted molar refractivity (Wildman–Crippen MR) is 93.3 cm³/mol. The van der Waals surface area contributed by atoms with Crippen LogP contribution in [-0.4, -0.2) is 42.9 Å². The zero-order valence-corrected chi connectivity index (χ0v) is 13.4. The number of piperazine rings is 1. The highest BCUT2D eigenvalue weighted by Crippen LogP contribution is 2.25. The van der Waals surface area contributed by atoms with E-state index in [2.05, 4.69) is 22.3 Å². The zero-order chi connectivity index (χ0) is 16.5. The Morgan fingerprint density at radius 1 is 0.958 bits per heavy atom. The third kappa shape index (κ3) is 2.73. The summed E-state index contributed by atoms with van der Waals surface area (Å²) in [5.74, 6) is 0.0379. The van der Waals surface area contributed by atoms with E-state index < -0.39 is 0 Å². The fourth-order valence-electron chi connectivity index (χ4n) is 3.35. The first-order chi connectivity index (χ1) is 11.7. The lowest BCUT2D eigenvalue weighted by Gasteiger charge is -2.36. The second-order valence-electron chi connectivity index (χ2n) is 6.21. The largest absolute Gasteiger partial charge is 0.368 e. The number of nitrogens with one attached hydrogen (secondary N) is 1. The highest BCUT2D eigenvalue weighted by molar-refractivity contribution is 6.01. The molecule has 5 nitrogen and oxygen atoms in total. The topological polar surface area (TPSA) is 52.7 Å². The van der Waals surface area contributed by atoms with Crippen molar-refractivity contribution in [1.82, 2.24) is 4.90 Å². The molecule has 2 aliphatic heterocycles. The van der Waals surface area contributed by atoms with Crippen molar-refractivity contribution >= 4 is 23.2 Å². The van der Waals surface area contributed by atoms with Crippen molar-refractivity contribution in [2.45, 2.75) is 6.42 Å². The minimum Gasteiger partial charge on any atom is -0.368 e. The molecular formula is C19H19N3O2. The third-order valence-corrected chi connectivity index (χ3v) is 4.67. The van der Waals surface area contributed by atoms with Crippen molar-refractivity contribution in [3.63, 3.8) is 0 Å². The van der Waals surface area contributed by atoms with Crippen LogP contribution in [0.25, 0.3) is 0 Å². The molecule has 0 atom stereocenters. The molecule has 2 aromatic carbocycles. The molecule has 2 aromatic rings. The molecule has 0 saturated carbocycles. The molecule has 1 fully saturated rings. The molecule has 5 heteroatoms. The van der Waals surface area contributed by atoms with Crippen LogP contribution in [0.5, 0.6) is 0 Å². The molecule has 1 N–H and O–H groups in total. The van der Waals surface area contributed by atoms with Crippen LogP contribution in [0.4, 0.5) is 11.4 Å². The summed E-state index contributed by atoms with van der Waals surface area (Å²) in [6.07, 6.45) is 0.359. The van der Waals surface area contributed by atoms with Gasteiger partial charge in [0, 0.05) is 43.1 Å². The van der Waals surface area contributed by atoms with E-state index in [0.717, 1.165) is 24.3 Å². The van der Waals surface area contributed by atoms with Crippen molar-refractivity contribution in [3.8, 4) is 0 Å². The molecule has 0 aromatic heterocycles. The van der Waals surface area contributed by atoms with E-state index in [-0.39, 0.29) is 11.8 Å². The van der Waals surface area contributed by atoms with E-state index in [4.69, 9.17) is 0 Å². The van der Waals surface area contributed by atoms with Crippen LogP contribution >= 0.6 is 0 Å². The number of para-hydroxylation sites is 1. The molecule has 0 spiro atoms. The van der Waals surface area contributed by atoms with Crippen LogP contribution in [0.3, 0.4) is 0 Å². The number of nitrogens with zero attached hydrogens (tertiary/aromatic N) is 2. The van der Waals surface area contributed by atoms with E-state index in [0.29, 0.717) is 25.1 Å².